The third-order valence-corrected chi connectivity index (χ3v) is 12.5. The van der Waals surface area contributed by atoms with E-state index < -0.39 is 0 Å². The van der Waals surface area contributed by atoms with E-state index in [0.717, 1.165) is 55.0 Å². The van der Waals surface area contributed by atoms with Crippen molar-refractivity contribution in [3.63, 3.8) is 0 Å². The Morgan fingerprint density at radius 2 is 0.861 bits per heavy atom. The Kier molecular flexibility index (Phi) is 5.43. The van der Waals surface area contributed by atoms with Gasteiger partial charge in [-0.25, -0.2) is 9.59 Å². The number of amides is 4. The molecule has 4 amide bonds. The molecule has 2 atom stereocenters. The molecule has 36 heavy (non-hydrogen) atoms. The van der Waals surface area contributed by atoms with E-state index in [4.69, 9.17) is 0 Å². The van der Waals surface area contributed by atoms with Gasteiger partial charge in [0, 0.05) is 24.2 Å². The van der Waals surface area contributed by atoms with E-state index in [9.17, 15) is 9.59 Å². The van der Waals surface area contributed by atoms with Crippen LogP contribution in [0.3, 0.4) is 0 Å². The van der Waals surface area contributed by atoms with Gasteiger partial charge in [-0.3, -0.25) is 0 Å². The van der Waals surface area contributed by atoms with Gasteiger partial charge in [0.25, 0.3) is 0 Å². The second kappa shape index (κ2) is 8.27. The molecule has 0 aromatic rings. The first-order valence-electron chi connectivity index (χ1n) is 15.3. The van der Waals surface area contributed by atoms with Gasteiger partial charge in [-0.15, -0.1) is 0 Å². The molecule has 4 N–H and O–H groups in total. The summed E-state index contributed by atoms with van der Waals surface area (Å²) in [6.07, 6.45) is 16.6. The summed E-state index contributed by atoms with van der Waals surface area (Å²) >= 11 is 0. The van der Waals surface area contributed by atoms with E-state index in [1.165, 1.54) is 77.0 Å². The largest absolute Gasteiger partial charge is 0.338 e. The number of hydrogen-bond donors (Lipinski definition) is 4. The van der Waals surface area contributed by atoms with Crippen LogP contribution in [0, 0.1) is 52.8 Å². The highest BCUT2D eigenvalue weighted by atomic mass is 16.2. The number of urea groups is 2. The number of hydrogen-bond acceptors (Lipinski definition) is 2. The summed E-state index contributed by atoms with van der Waals surface area (Å²) < 4.78 is 0. The standard InChI is InChI=1S/C30H48N4O2/c1-28(2)24(16-31-26(35)33-29-10-18-3-19(11-29)5-20(4-18)12-29)9-25(28)17-32-27(36)34-30-13-21-6-22(14-30)8-23(7-21)15-30/h18-25H,3-17H2,1-2H3,(H2,31,33,35)(H2,32,34,36). The van der Waals surface area contributed by atoms with Crippen LogP contribution in [0.4, 0.5) is 9.59 Å². The smallest absolute Gasteiger partial charge is 0.315 e. The van der Waals surface area contributed by atoms with Crippen LogP contribution < -0.4 is 21.3 Å². The Labute approximate surface area is 217 Å². The van der Waals surface area contributed by atoms with Crippen molar-refractivity contribution in [3.8, 4) is 0 Å². The molecule has 9 aliphatic rings. The molecule has 0 saturated heterocycles. The maximum atomic E-state index is 12.9. The van der Waals surface area contributed by atoms with Crippen molar-refractivity contribution in [1.29, 1.82) is 0 Å². The molecule has 9 saturated carbocycles. The predicted molar refractivity (Wildman–Crippen MR) is 140 cm³/mol. The molecule has 0 aromatic carbocycles. The highest BCUT2D eigenvalue weighted by Crippen LogP contribution is 2.57. The summed E-state index contributed by atoms with van der Waals surface area (Å²) in [6, 6.07) is 0.0913. The highest BCUT2D eigenvalue weighted by Gasteiger charge is 2.53. The Bertz CT molecular complexity index is 772. The van der Waals surface area contributed by atoms with Crippen LogP contribution in [0.2, 0.25) is 0 Å². The minimum Gasteiger partial charge on any atom is -0.338 e. The van der Waals surface area contributed by atoms with Crippen molar-refractivity contribution in [3.05, 3.63) is 0 Å². The van der Waals surface area contributed by atoms with Gasteiger partial charge in [-0.1, -0.05) is 13.8 Å². The van der Waals surface area contributed by atoms with Gasteiger partial charge in [-0.2, -0.15) is 0 Å². The molecular formula is C30H48N4O2. The molecule has 0 spiro atoms. The fourth-order valence-corrected chi connectivity index (χ4v) is 11.3. The minimum atomic E-state index is 0.0456. The van der Waals surface area contributed by atoms with E-state index >= 15 is 0 Å². The molecule has 8 bridgehead atoms. The summed E-state index contributed by atoms with van der Waals surface area (Å²) in [4.78, 5) is 25.8. The van der Waals surface area contributed by atoms with Crippen molar-refractivity contribution in [2.24, 2.45) is 52.8 Å². The van der Waals surface area contributed by atoms with Crippen molar-refractivity contribution in [2.75, 3.05) is 13.1 Å². The van der Waals surface area contributed by atoms with Crippen LogP contribution in [0.15, 0.2) is 0 Å². The molecule has 9 fully saturated rings. The first-order chi connectivity index (χ1) is 17.2. The van der Waals surface area contributed by atoms with Crippen LogP contribution in [0.25, 0.3) is 0 Å². The van der Waals surface area contributed by atoms with Gasteiger partial charge in [0.1, 0.15) is 0 Å². The lowest BCUT2D eigenvalue weighted by atomic mass is 9.53. The molecule has 200 valence electrons. The number of carbonyl (C=O) groups is 2. The molecule has 9 aliphatic carbocycles. The van der Waals surface area contributed by atoms with Gasteiger partial charge in [0.2, 0.25) is 0 Å². The predicted octanol–water partition coefficient (Wildman–Crippen LogP) is 5.18. The summed E-state index contributed by atoms with van der Waals surface area (Å²) in [7, 11) is 0. The first-order valence-corrected chi connectivity index (χ1v) is 15.3. The van der Waals surface area contributed by atoms with Gasteiger partial charge >= 0.3 is 12.1 Å². The summed E-state index contributed by atoms with van der Waals surface area (Å²) in [5, 5.41) is 13.4. The van der Waals surface area contributed by atoms with Gasteiger partial charge in [0.15, 0.2) is 0 Å². The summed E-state index contributed by atoms with van der Waals surface area (Å²) in [5.74, 6) is 6.00. The number of nitrogens with one attached hydrogen (secondary N) is 4. The maximum absolute atomic E-state index is 12.9. The average molecular weight is 497 g/mol. The van der Waals surface area contributed by atoms with Crippen LogP contribution >= 0.6 is 0 Å². The molecule has 0 heterocycles. The molecule has 0 aliphatic heterocycles. The molecular weight excluding hydrogens is 448 g/mol. The SMILES string of the molecule is CC1(C)C(CNC(=O)NC23CC4CC(CC(C4)C2)C3)CC1CNC(=O)NC12CC3CC(CC(C3)C1)C2. The van der Waals surface area contributed by atoms with E-state index in [2.05, 4.69) is 35.1 Å². The molecule has 9 rings (SSSR count). The quantitative estimate of drug-likeness (QED) is 0.408. The minimum absolute atomic E-state index is 0.0456. The Morgan fingerprint density at radius 1 is 0.556 bits per heavy atom. The lowest BCUT2D eigenvalue weighted by Gasteiger charge is -2.57. The van der Waals surface area contributed by atoms with E-state index in [-0.39, 0.29) is 28.6 Å². The molecule has 2 unspecified atom stereocenters. The summed E-state index contributed by atoms with van der Waals surface area (Å²) in [5.41, 5.74) is 0.275. The second-order valence-corrected chi connectivity index (χ2v) is 15.5. The van der Waals surface area contributed by atoms with Gasteiger partial charge in [-0.05, 0) is 136 Å². The zero-order chi connectivity index (χ0) is 24.7. The van der Waals surface area contributed by atoms with Crippen LogP contribution in [-0.2, 0) is 0 Å². The van der Waals surface area contributed by atoms with Crippen LogP contribution in [0.1, 0.15) is 97.3 Å². The highest BCUT2D eigenvalue weighted by molar-refractivity contribution is 5.75. The molecule has 6 heteroatoms. The molecule has 6 nitrogen and oxygen atoms in total. The Balaban J connectivity index is 0.856. The normalized spacial score (nSPS) is 48.8. The maximum Gasteiger partial charge on any atom is 0.315 e. The number of rotatable bonds is 6. The lowest BCUT2D eigenvalue weighted by molar-refractivity contribution is -0.0214. The second-order valence-electron chi connectivity index (χ2n) is 15.5. The summed E-state index contributed by atoms with van der Waals surface area (Å²) in [6.45, 7) is 6.09. The van der Waals surface area contributed by atoms with Crippen molar-refractivity contribution in [1.82, 2.24) is 21.3 Å². The molecule has 0 aromatic heterocycles. The van der Waals surface area contributed by atoms with E-state index in [0.29, 0.717) is 11.8 Å². The van der Waals surface area contributed by atoms with Crippen molar-refractivity contribution >= 4 is 12.1 Å². The topological polar surface area (TPSA) is 82.3 Å². The first kappa shape index (κ1) is 23.6. The fraction of sp³-hybridized carbons (Fsp3) is 0.933. The fourth-order valence-electron chi connectivity index (χ4n) is 11.3. The monoisotopic (exact) mass is 496 g/mol. The molecule has 0 radical (unpaired) electrons. The zero-order valence-corrected chi connectivity index (χ0v) is 22.5. The van der Waals surface area contributed by atoms with Gasteiger partial charge < -0.3 is 21.3 Å². The average Bonchev–Trinajstić information content (AvgIpc) is 2.75. The Hall–Kier alpha value is -1.46. The van der Waals surface area contributed by atoms with Crippen molar-refractivity contribution < 1.29 is 9.59 Å². The Morgan fingerprint density at radius 3 is 1.14 bits per heavy atom. The van der Waals surface area contributed by atoms with Gasteiger partial charge in [0.05, 0.1) is 0 Å². The third-order valence-electron chi connectivity index (χ3n) is 12.5. The van der Waals surface area contributed by atoms with Crippen LogP contribution in [0.5, 0.6) is 0 Å². The third kappa shape index (κ3) is 4.13. The van der Waals surface area contributed by atoms with Crippen LogP contribution in [-0.4, -0.2) is 36.2 Å². The number of carbonyl (C=O) groups excluding carboxylic acids is 2. The lowest BCUT2D eigenvalue weighted by Crippen LogP contribution is -2.63. The van der Waals surface area contributed by atoms with E-state index in [1.54, 1.807) is 0 Å². The zero-order valence-electron chi connectivity index (χ0n) is 22.5. The van der Waals surface area contributed by atoms with Crippen molar-refractivity contribution in [2.45, 2.75) is 108 Å². The van der Waals surface area contributed by atoms with E-state index in [1.807, 2.05) is 0 Å².